The molecule has 3 rings (SSSR count). The predicted octanol–water partition coefficient (Wildman–Crippen LogP) is 3.18. The first kappa shape index (κ1) is 16.1. The number of benzene rings is 2. The van der Waals surface area contributed by atoms with Crippen LogP contribution in [0.5, 0.6) is 5.75 Å². The van der Waals surface area contributed by atoms with E-state index in [-0.39, 0.29) is 18.9 Å². The molecule has 2 aromatic carbocycles. The average Bonchev–Trinajstić information content (AvgIpc) is 2.82. The molecule has 0 fully saturated rings. The van der Waals surface area contributed by atoms with Crippen molar-refractivity contribution < 1.29 is 23.0 Å². The SMILES string of the molecule is Nc1nn(CCO)c2cc(-c3ccccc3OC(F)(F)F)ccc12. The Kier molecular flexibility index (Phi) is 4.06. The fourth-order valence-corrected chi connectivity index (χ4v) is 2.55. The Hall–Kier alpha value is -2.74. The maximum absolute atomic E-state index is 12.6. The number of nitrogens with two attached hydrogens (primary N) is 1. The summed E-state index contributed by atoms with van der Waals surface area (Å²) in [7, 11) is 0. The molecule has 0 radical (unpaired) electrons. The third-order valence-electron chi connectivity index (χ3n) is 3.52. The normalized spacial score (nSPS) is 11.8. The summed E-state index contributed by atoms with van der Waals surface area (Å²) in [5, 5.41) is 13.9. The smallest absolute Gasteiger partial charge is 0.405 e. The zero-order valence-corrected chi connectivity index (χ0v) is 12.4. The number of aliphatic hydroxyl groups is 1. The number of rotatable bonds is 4. The van der Waals surface area contributed by atoms with E-state index in [0.29, 0.717) is 27.8 Å². The van der Waals surface area contributed by atoms with Crippen LogP contribution in [0.2, 0.25) is 0 Å². The molecule has 5 nitrogen and oxygen atoms in total. The molecular formula is C16H14F3N3O2. The van der Waals surface area contributed by atoms with Crippen LogP contribution in [-0.4, -0.2) is 27.9 Å². The van der Waals surface area contributed by atoms with Crippen molar-refractivity contribution in [2.45, 2.75) is 12.9 Å². The van der Waals surface area contributed by atoms with Crippen LogP contribution in [0.4, 0.5) is 19.0 Å². The summed E-state index contributed by atoms with van der Waals surface area (Å²) in [6.45, 7) is 0.103. The van der Waals surface area contributed by atoms with E-state index in [1.165, 1.54) is 16.8 Å². The van der Waals surface area contributed by atoms with Gasteiger partial charge in [0.15, 0.2) is 5.82 Å². The predicted molar refractivity (Wildman–Crippen MR) is 83.4 cm³/mol. The molecule has 3 N–H and O–H groups in total. The fourth-order valence-electron chi connectivity index (χ4n) is 2.55. The van der Waals surface area contributed by atoms with E-state index in [9.17, 15) is 13.2 Å². The average molecular weight is 337 g/mol. The first-order chi connectivity index (χ1) is 11.4. The zero-order chi connectivity index (χ0) is 17.3. The number of alkyl halides is 3. The molecule has 8 heteroatoms. The molecule has 0 aliphatic heterocycles. The van der Waals surface area contributed by atoms with Gasteiger partial charge in [-0.3, -0.25) is 4.68 Å². The minimum absolute atomic E-state index is 0.131. The van der Waals surface area contributed by atoms with Gasteiger partial charge >= 0.3 is 6.36 Å². The summed E-state index contributed by atoms with van der Waals surface area (Å²) >= 11 is 0. The molecule has 0 amide bonds. The zero-order valence-electron chi connectivity index (χ0n) is 12.4. The molecule has 0 unspecified atom stereocenters. The molecular weight excluding hydrogens is 323 g/mol. The Morgan fingerprint density at radius 2 is 1.92 bits per heavy atom. The molecule has 1 heterocycles. The van der Waals surface area contributed by atoms with E-state index in [4.69, 9.17) is 10.8 Å². The van der Waals surface area contributed by atoms with Gasteiger partial charge in [-0.2, -0.15) is 5.10 Å². The number of aromatic nitrogens is 2. The maximum Gasteiger partial charge on any atom is 0.573 e. The number of hydrogen-bond donors (Lipinski definition) is 2. The van der Waals surface area contributed by atoms with Gasteiger partial charge in [-0.15, -0.1) is 13.2 Å². The Labute approximate surface area is 135 Å². The first-order valence-corrected chi connectivity index (χ1v) is 7.11. The van der Waals surface area contributed by atoms with E-state index in [2.05, 4.69) is 9.84 Å². The van der Waals surface area contributed by atoms with Crippen LogP contribution in [0, 0.1) is 0 Å². The molecule has 1 aromatic heterocycles. The van der Waals surface area contributed by atoms with Gasteiger partial charge in [0, 0.05) is 10.9 Å². The highest BCUT2D eigenvalue weighted by Gasteiger charge is 2.32. The monoisotopic (exact) mass is 337 g/mol. The van der Waals surface area contributed by atoms with Crippen molar-refractivity contribution in [1.29, 1.82) is 0 Å². The van der Waals surface area contributed by atoms with Crippen LogP contribution in [0.1, 0.15) is 0 Å². The van der Waals surface area contributed by atoms with Gasteiger partial charge in [0.1, 0.15) is 5.75 Å². The summed E-state index contributed by atoms with van der Waals surface area (Å²) in [4.78, 5) is 0. The van der Waals surface area contributed by atoms with Crippen LogP contribution in [0.25, 0.3) is 22.0 Å². The fraction of sp³-hybridized carbons (Fsp3) is 0.188. The number of nitrogen functional groups attached to an aromatic ring is 1. The minimum atomic E-state index is -4.77. The number of nitrogens with zero attached hydrogens (tertiary/aromatic N) is 2. The molecule has 0 aliphatic carbocycles. The van der Waals surface area contributed by atoms with E-state index in [1.54, 1.807) is 30.3 Å². The lowest BCUT2D eigenvalue weighted by atomic mass is 10.0. The highest BCUT2D eigenvalue weighted by Crippen LogP contribution is 2.35. The molecule has 3 aromatic rings. The molecule has 0 saturated carbocycles. The third kappa shape index (κ3) is 3.13. The molecule has 0 aliphatic rings. The lowest BCUT2D eigenvalue weighted by molar-refractivity contribution is -0.274. The second kappa shape index (κ2) is 6.04. The molecule has 0 spiro atoms. The topological polar surface area (TPSA) is 73.3 Å². The highest BCUT2D eigenvalue weighted by atomic mass is 19.4. The second-order valence-corrected chi connectivity index (χ2v) is 5.11. The summed E-state index contributed by atoms with van der Waals surface area (Å²) < 4.78 is 43.3. The quantitative estimate of drug-likeness (QED) is 0.767. The number of halogens is 3. The molecule has 0 saturated heterocycles. The second-order valence-electron chi connectivity index (χ2n) is 5.11. The van der Waals surface area contributed by atoms with Gasteiger partial charge in [-0.05, 0) is 23.8 Å². The van der Waals surface area contributed by atoms with Crippen molar-refractivity contribution in [3.8, 4) is 16.9 Å². The van der Waals surface area contributed by atoms with E-state index in [0.717, 1.165) is 0 Å². The molecule has 0 bridgehead atoms. The van der Waals surface area contributed by atoms with Crippen molar-refractivity contribution >= 4 is 16.7 Å². The summed E-state index contributed by atoms with van der Waals surface area (Å²) in [5.41, 5.74) is 7.28. The largest absolute Gasteiger partial charge is 0.573 e. The Bertz CT molecular complexity index is 875. The lowest BCUT2D eigenvalue weighted by Crippen LogP contribution is -2.17. The Balaban J connectivity index is 2.12. The van der Waals surface area contributed by atoms with Crippen LogP contribution < -0.4 is 10.5 Å². The van der Waals surface area contributed by atoms with Gasteiger partial charge in [0.25, 0.3) is 0 Å². The number of fused-ring (bicyclic) bond motifs is 1. The first-order valence-electron chi connectivity index (χ1n) is 7.11. The number of hydrogen-bond acceptors (Lipinski definition) is 4. The summed E-state index contributed by atoms with van der Waals surface area (Å²) in [6.07, 6.45) is -4.77. The maximum atomic E-state index is 12.6. The molecule has 24 heavy (non-hydrogen) atoms. The van der Waals surface area contributed by atoms with Crippen molar-refractivity contribution in [2.75, 3.05) is 12.3 Å². The van der Waals surface area contributed by atoms with E-state index in [1.807, 2.05) is 0 Å². The van der Waals surface area contributed by atoms with Crippen LogP contribution in [0.15, 0.2) is 42.5 Å². The van der Waals surface area contributed by atoms with Gasteiger partial charge in [-0.1, -0.05) is 24.3 Å². The van der Waals surface area contributed by atoms with Crippen molar-refractivity contribution in [3.05, 3.63) is 42.5 Å². The Morgan fingerprint density at radius 1 is 1.17 bits per heavy atom. The van der Waals surface area contributed by atoms with Gasteiger partial charge < -0.3 is 15.6 Å². The number of ether oxygens (including phenoxy) is 1. The van der Waals surface area contributed by atoms with Crippen LogP contribution in [0.3, 0.4) is 0 Å². The molecule has 126 valence electrons. The van der Waals surface area contributed by atoms with Crippen molar-refractivity contribution in [3.63, 3.8) is 0 Å². The Morgan fingerprint density at radius 3 is 2.62 bits per heavy atom. The lowest BCUT2D eigenvalue weighted by Gasteiger charge is -2.13. The van der Waals surface area contributed by atoms with Gasteiger partial charge in [0.2, 0.25) is 0 Å². The van der Waals surface area contributed by atoms with Crippen LogP contribution in [-0.2, 0) is 6.54 Å². The van der Waals surface area contributed by atoms with Crippen molar-refractivity contribution in [2.24, 2.45) is 0 Å². The highest BCUT2D eigenvalue weighted by molar-refractivity contribution is 5.92. The minimum Gasteiger partial charge on any atom is -0.405 e. The van der Waals surface area contributed by atoms with E-state index < -0.39 is 6.36 Å². The number of anilines is 1. The van der Waals surface area contributed by atoms with E-state index >= 15 is 0 Å². The van der Waals surface area contributed by atoms with Crippen LogP contribution >= 0.6 is 0 Å². The van der Waals surface area contributed by atoms with Crippen molar-refractivity contribution in [1.82, 2.24) is 9.78 Å². The molecule has 0 atom stereocenters. The summed E-state index contributed by atoms with van der Waals surface area (Å²) in [6, 6.07) is 10.9. The standard InChI is InChI=1S/C16H14F3N3O2/c17-16(18,19)24-14-4-2-1-3-11(14)10-5-6-12-13(9-10)22(7-8-23)21-15(12)20/h1-6,9,23H,7-8H2,(H2,20,21). The van der Waals surface area contributed by atoms with Gasteiger partial charge in [-0.25, -0.2) is 0 Å². The third-order valence-corrected chi connectivity index (χ3v) is 3.52. The van der Waals surface area contributed by atoms with Gasteiger partial charge in [0.05, 0.1) is 18.7 Å². The number of para-hydroxylation sites is 1. The summed E-state index contributed by atoms with van der Waals surface area (Å²) in [5.74, 6) is 0.00960. The number of aliphatic hydroxyl groups excluding tert-OH is 1.